The SMILES string of the molecule is CSCCCCCCNCc1cn(C)nn1. The summed E-state index contributed by atoms with van der Waals surface area (Å²) in [5, 5.41) is 11.3. The van der Waals surface area contributed by atoms with Crippen molar-refractivity contribution in [1.82, 2.24) is 20.3 Å². The summed E-state index contributed by atoms with van der Waals surface area (Å²) in [6, 6.07) is 0. The molecule has 5 heteroatoms. The maximum atomic E-state index is 4.02. The zero-order valence-corrected chi connectivity index (χ0v) is 11.1. The third-order valence-corrected chi connectivity index (χ3v) is 3.11. The second kappa shape index (κ2) is 8.58. The Bertz CT molecular complexity index is 275. The lowest BCUT2D eigenvalue weighted by atomic mass is 10.2. The highest BCUT2D eigenvalue weighted by atomic mass is 32.2. The first kappa shape index (κ1) is 13.5. The highest BCUT2D eigenvalue weighted by Crippen LogP contribution is 2.03. The van der Waals surface area contributed by atoms with Gasteiger partial charge in [0.05, 0.1) is 5.69 Å². The van der Waals surface area contributed by atoms with Crippen molar-refractivity contribution in [3.8, 4) is 0 Å². The topological polar surface area (TPSA) is 42.7 Å². The van der Waals surface area contributed by atoms with Crippen LogP contribution in [0.1, 0.15) is 31.4 Å². The molecule has 0 aliphatic rings. The Balaban J connectivity index is 1.88. The first-order chi connectivity index (χ1) is 7.83. The van der Waals surface area contributed by atoms with Crippen molar-refractivity contribution in [2.75, 3.05) is 18.6 Å². The molecule has 1 rings (SSSR count). The molecule has 0 aromatic carbocycles. The monoisotopic (exact) mass is 242 g/mol. The first-order valence-corrected chi connectivity index (χ1v) is 7.27. The van der Waals surface area contributed by atoms with Crippen LogP contribution in [0.4, 0.5) is 0 Å². The smallest absolute Gasteiger partial charge is 0.0964 e. The summed E-state index contributed by atoms with van der Waals surface area (Å²) in [5.41, 5.74) is 1.02. The molecule has 0 atom stereocenters. The van der Waals surface area contributed by atoms with Gasteiger partial charge in [0.15, 0.2) is 0 Å². The Hall–Kier alpha value is -0.550. The maximum absolute atomic E-state index is 4.02. The number of aryl methyl sites for hydroxylation is 1. The van der Waals surface area contributed by atoms with E-state index in [1.54, 1.807) is 4.68 Å². The number of nitrogens with zero attached hydrogens (tertiary/aromatic N) is 3. The van der Waals surface area contributed by atoms with E-state index in [1.807, 2.05) is 25.0 Å². The number of hydrogen-bond acceptors (Lipinski definition) is 4. The molecular weight excluding hydrogens is 220 g/mol. The van der Waals surface area contributed by atoms with Crippen molar-refractivity contribution < 1.29 is 0 Å². The molecule has 0 unspecified atom stereocenters. The van der Waals surface area contributed by atoms with Crippen LogP contribution in [0.25, 0.3) is 0 Å². The predicted octanol–water partition coefficient (Wildman–Crippen LogP) is 1.83. The first-order valence-electron chi connectivity index (χ1n) is 5.88. The predicted molar refractivity (Wildman–Crippen MR) is 69.6 cm³/mol. The van der Waals surface area contributed by atoms with Crippen LogP contribution in [0.15, 0.2) is 6.20 Å². The Morgan fingerprint density at radius 3 is 2.81 bits per heavy atom. The molecule has 0 fully saturated rings. The fourth-order valence-corrected chi connectivity index (χ4v) is 2.04. The van der Waals surface area contributed by atoms with Crippen LogP contribution in [0, 0.1) is 0 Å². The van der Waals surface area contributed by atoms with E-state index in [2.05, 4.69) is 21.9 Å². The van der Waals surface area contributed by atoms with E-state index in [-0.39, 0.29) is 0 Å². The van der Waals surface area contributed by atoms with E-state index in [1.165, 1.54) is 31.4 Å². The van der Waals surface area contributed by atoms with Gasteiger partial charge in [-0.05, 0) is 31.4 Å². The number of unbranched alkanes of at least 4 members (excludes halogenated alkanes) is 3. The molecule has 0 radical (unpaired) electrons. The summed E-state index contributed by atoms with van der Waals surface area (Å²) >= 11 is 1.94. The quantitative estimate of drug-likeness (QED) is 0.671. The zero-order valence-electron chi connectivity index (χ0n) is 10.3. The summed E-state index contributed by atoms with van der Waals surface area (Å²) in [7, 11) is 1.89. The molecular formula is C11H22N4S. The van der Waals surface area contributed by atoms with Crippen molar-refractivity contribution in [1.29, 1.82) is 0 Å². The molecule has 92 valence electrons. The minimum absolute atomic E-state index is 0.832. The molecule has 1 aromatic heterocycles. The average molecular weight is 242 g/mol. The lowest BCUT2D eigenvalue weighted by Crippen LogP contribution is -2.14. The number of aromatic nitrogens is 3. The normalized spacial score (nSPS) is 10.9. The second-order valence-electron chi connectivity index (χ2n) is 3.97. The number of nitrogens with one attached hydrogen (secondary N) is 1. The van der Waals surface area contributed by atoms with Crippen LogP contribution in [0.5, 0.6) is 0 Å². The Labute approximate surface area is 102 Å². The van der Waals surface area contributed by atoms with Gasteiger partial charge in [0.25, 0.3) is 0 Å². The van der Waals surface area contributed by atoms with Crippen molar-refractivity contribution in [2.45, 2.75) is 32.2 Å². The van der Waals surface area contributed by atoms with Crippen LogP contribution in [0.2, 0.25) is 0 Å². The molecule has 16 heavy (non-hydrogen) atoms. The Morgan fingerprint density at radius 1 is 1.31 bits per heavy atom. The number of hydrogen-bond donors (Lipinski definition) is 1. The van der Waals surface area contributed by atoms with Crippen molar-refractivity contribution in [3.05, 3.63) is 11.9 Å². The van der Waals surface area contributed by atoms with Gasteiger partial charge in [-0.15, -0.1) is 5.10 Å². The second-order valence-corrected chi connectivity index (χ2v) is 4.95. The number of rotatable bonds is 9. The van der Waals surface area contributed by atoms with Crippen LogP contribution in [0.3, 0.4) is 0 Å². The van der Waals surface area contributed by atoms with Gasteiger partial charge in [-0.1, -0.05) is 18.1 Å². The molecule has 1 aromatic rings. The molecule has 0 saturated carbocycles. The van der Waals surface area contributed by atoms with Crippen LogP contribution >= 0.6 is 11.8 Å². The summed E-state index contributed by atoms with van der Waals surface area (Å²) in [5.74, 6) is 1.30. The van der Waals surface area contributed by atoms with Crippen LogP contribution in [-0.4, -0.2) is 33.5 Å². The van der Waals surface area contributed by atoms with Gasteiger partial charge < -0.3 is 5.32 Å². The van der Waals surface area contributed by atoms with Gasteiger partial charge in [-0.3, -0.25) is 4.68 Å². The molecule has 0 bridgehead atoms. The lowest BCUT2D eigenvalue weighted by molar-refractivity contribution is 0.594. The van der Waals surface area contributed by atoms with Gasteiger partial charge in [-0.2, -0.15) is 11.8 Å². The van der Waals surface area contributed by atoms with E-state index < -0.39 is 0 Å². The van der Waals surface area contributed by atoms with Crippen LogP contribution in [-0.2, 0) is 13.6 Å². The highest BCUT2D eigenvalue weighted by Gasteiger charge is 1.96. The van der Waals surface area contributed by atoms with Crippen molar-refractivity contribution in [3.63, 3.8) is 0 Å². The van der Waals surface area contributed by atoms with E-state index in [9.17, 15) is 0 Å². The molecule has 0 saturated heterocycles. The van der Waals surface area contributed by atoms with Gasteiger partial charge in [0.2, 0.25) is 0 Å². The molecule has 0 spiro atoms. The Morgan fingerprint density at radius 2 is 2.12 bits per heavy atom. The largest absolute Gasteiger partial charge is 0.311 e. The fraction of sp³-hybridized carbons (Fsp3) is 0.818. The molecule has 1 N–H and O–H groups in total. The van der Waals surface area contributed by atoms with Crippen molar-refractivity contribution in [2.24, 2.45) is 7.05 Å². The summed E-state index contributed by atoms with van der Waals surface area (Å²) in [6.07, 6.45) is 9.41. The minimum atomic E-state index is 0.832. The highest BCUT2D eigenvalue weighted by molar-refractivity contribution is 7.98. The summed E-state index contributed by atoms with van der Waals surface area (Å²) < 4.78 is 1.74. The number of thioether (sulfide) groups is 1. The van der Waals surface area contributed by atoms with E-state index in [0.29, 0.717) is 0 Å². The summed E-state index contributed by atoms with van der Waals surface area (Å²) in [4.78, 5) is 0. The van der Waals surface area contributed by atoms with Gasteiger partial charge in [0.1, 0.15) is 0 Å². The standard InChI is InChI=1S/C11H22N4S/c1-15-10-11(13-14-15)9-12-7-5-3-4-6-8-16-2/h10,12H,3-9H2,1-2H3. The van der Waals surface area contributed by atoms with Crippen LogP contribution < -0.4 is 5.32 Å². The maximum Gasteiger partial charge on any atom is 0.0964 e. The van der Waals surface area contributed by atoms with E-state index in [4.69, 9.17) is 0 Å². The molecule has 0 aliphatic carbocycles. The van der Waals surface area contributed by atoms with E-state index in [0.717, 1.165) is 18.8 Å². The van der Waals surface area contributed by atoms with E-state index >= 15 is 0 Å². The molecule has 0 aliphatic heterocycles. The van der Waals surface area contributed by atoms with Gasteiger partial charge in [-0.25, -0.2) is 0 Å². The lowest BCUT2D eigenvalue weighted by Gasteiger charge is -2.02. The minimum Gasteiger partial charge on any atom is -0.311 e. The van der Waals surface area contributed by atoms with Gasteiger partial charge in [0, 0.05) is 19.8 Å². The fourth-order valence-electron chi connectivity index (χ4n) is 1.54. The molecule has 1 heterocycles. The van der Waals surface area contributed by atoms with Gasteiger partial charge >= 0.3 is 0 Å². The third kappa shape index (κ3) is 6.12. The summed E-state index contributed by atoms with van der Waals surface area (Å²) in [6.45, 7) is 1.91. The zero-order chi connectivity index (χ0) is 11.6. The molecule has 0 amide bonds. The third-order valence-electron chi connectivity index (χ3n) is 2.41. The average Bonchev–Trinajstić information content (AvgIpc) is 2.68. The van der Waals surface area contributed by atoms with Crippen molar-refractivity contribution >= 4 is 11.8 Å². The molecule has 4 nitrogen and oxygen atoms in total. The Kier molecular flexibility index (Phi) is 7.25.